The van der Waals surface area contributed by atoms with E-state index in [1.807, 2.05) is 66.8 Å². The number of thiophene rings is 1. The first-order valence-corrected chi connectivity index (χ1v) is 11.3. The third kappa shape index (κ3) is 4.11. The molecule has 1 N–H and O–H groups in total. The van der Waals surface area contributed by atoms with Crippen LogP contribution in [0.15, 0.2) is 70.5 Å². The minimum absolute atomic E-state index is 0.100. The summed E-state index contributed by atoms with van der Waals surface area (Å²) in [5.74, 6) is 1.11. The Balaban J connectivity index is 1.31. The highest BCUT2D eigenvalue weighted by Gasteiger charge is 2.21. The number of hydrogen-bond donors (Lipinski definition) is 1. The van der Waals surface area contributed by atoms with Crippen LogP contribution in [0.3, 0.4) is 0 Å². The number of nitrogens with zero attached hydrogens (tertiary/aromatic N) is 2. The van der Waals surface area contributed by atoms with Crippen molar-refractivity contribution in [2.24, 2.45) is 0 Å². The fraction of sp³-hybridized carbons (Fsp3) is 0.200. The van der Waals surface area contributed by atoms with Crippen LogP contribution in [0.4, 0.5) is 11.4 Å². The molecule has 3 heterocycles. The van der Waals surface area contributed by atoms with E-state index in [9.17, 15) is 4.79 Å². The van der Waals surface area contributed by atoms with Gasteiger partial charge in [0.05, 0.1) is 23.5 Å². The normalized spacial score (nSPS) is 13.1. The van der Waals surface area contributed by atoms with E-state index in [0.29, 0.717) is 17.3 Å². The molecule has 2 aromatic heterocycles. The molecule has 0 spiro atoms. The standard InChI is InChI=1S/C25H23N3O2S/c1-17-21(27-25(30-17)18-7-3-2-4-8-18)15-24(29)26-20-9-5-6-10-22(20)28-13-11-23-19(16-28)12-14-31-23/h2-10,12,14H,11,13,15-16H2,1H3,(H,26,29). The molecule has 0 radical (unpaired) electrons. The van der Waals surface area contributed by atoms with Crippen LogP contribution in [0.1, 0.15) is 21.9 Å². The van der Waals surface area contributed by atoms with Gasteiger partial charge >= 0.3 is 0 Å². The second-order valence-electron chi connectivity index (χ2n) is 7.67. The zero-order valence-corrected chi connectivity index (χ0v) is 18.1. The van der Waals surface area contributed by atoms with Crippen LogP contribution in [-0.4, -0.2) is 17.4 Å². The Morgan fingerprint density at radius 1 is 1.13 bits per heavy atom. The molecule has 5 rings (SSSR count). The van der Waals surface area contributed by atoms with Gasteiger partial charge in [0.25, 0.3) is 0 Å². The molecule has 31 heavy (non-hydrogen) atoms. The Labute approximate surface area is 185 Å². The summed E-state index contributed by atoms with van der Waals surface area (Å²) in [7, 11) is 0. The van der Waals surface area contributed by atoms with Gasteiger partial charge in [0.2, 0.25) is 11.8 Å². The van der Waals surface area contributed by atoms with Crippen molar-refractivity contribution in [3.63, 3.8) is 0 Å². The molecule has 0 saturated carbocycles. The summed E-state index contributed by atoms with van der Waals surface area (Å²) < 4.78 is 5.80. The van der Waals surface area contributed by atoms with Crippen LogP contribution in [-0.2, 0) is 24.2 Å². The van der Waals surface area contributed by atoms with Gasteiger partial charge in [0.15, 0.2) is 0 Å². The number of aryl methyl sites for hydroxylation is 1. The first kappa shape index (κ1) is 19.6. The molecule has 5 nitrogen and oxygen atoms in total. The quantitative estimate of drug-likeness (QED) is 0.458. The molecule has 156 valence electrons. The molecule has 0 saturated heterocycles. The van der Waals surface area contributed by atoms with Crippen molar-refractivity contribution in [1.82, 2.24) is 4.98 Å². The maximum Gasteiger partial charge on any atom is 0.230 e. The average Bonchev–Trinajstić information content (AvgIpc) is 3.41. The number of benzene rings is 2. The van der Waals surface area contributed by atoms with Crippen LogP contribution >= 0.6 is 11.3 Å². The highest BCUT2D eigenvalue weighted by Crippen LogP contribution is 2.32. The fourth-order valence-electron chi connectivity index (χ4n) is 3.95. The fourth-order valence-corrected chi connectivity index (χ4v) is 4.84. The first-order valence-electron chi connectivity index (χ1n) is 10.4. The molecule has 0 bridgehead atoms. The highest BCUT2D eigenvalue weighted by molar-refractivity contribution is 7.10. The molecule has 0 aliphatic carbocycles. The predicted molar refractivity (Wildman–Crippen MR) is 125 cm³/mol. The Morgan fingerprint density at radius 2 is 1.94 bits per heavy atom. The van der Waals surface area contributed by atoms with Gasteiger partial charge in [0.1, 0.15) is 5.76 Å². The van der Waals surface area contributed by atoms with Crippen LogP contribution in [0.2, 0.25) is 0 Å². The van der Waals surface area contributed by atoms with E-state index in [1.54, 1.807) is 0 Å². The number of fused-ring (bicyclic) bond motifs is 1. The van der Waals surface area contributed by atoms with Crippen molar-refractivity contribution >= 4 is 28.6 Å². The highest BCUT2D eigenvalue weighted by atomic mass is 32.1. The summed E-state index contributed by atoms with van der Waals surface area (Å²) in [6.45, 7) is 3.67. The van der Waals surface area contributed by atoms with Crippen LogP contribution in [0, 0.1) is 6.92 Å². The molecular weight excluding hydrogens is 406 g/mol. The second-order valence-corrected chi connectivity index (χ2v) is 8.67. The first-order chi connectivity index (χ1) is 15.2. The number of rotatable bonds is 5. The molecule has 1 aliphatic rings. The lowest BCUT2D eigenvalue weighted by Gasteiger charge is -2.30. The predicted octanol–water partition coefficient (Wildman–Crippen LogP) is 5.46. The van der Waals surface area contributed by atoms with Gasteiger partial charge in [-0.1, -0.05) is 30.3 Å². The molecule has 6 heteroatoms. The molecular formula is C25H23N3O2S. The topological polar surface area (TPSA) is 58.4 Å². The van der Waals surface area contributed by atoms with Crippen molar-refractivity contribution in [1.29, 1.82) is 0 Å². The van der Waals surface area contributed by atoms with E-state index in [0.717, 1.165) is 36.4 Å². The van der Waals surface area contributed by atoms with E-state index in [4.69, 9.17) is 4.42 Å². The lowest BCUT2D eigenvalue weighted by atomic mass is 10.1. The minimum atomic E-state index is -0.100. The molecule has 0 fully saturated rings. The Kier molecular flexibility index (Phi) is 5.30. The van der Waals surface area contributed by atoms with Gasteiger partial charge in [-0.2, -0.15) is 0 Å². The number of oxazole rings is 1. The Hall–Kier alpha value is -3.38. The number of carbonyl (C=O) groups excluding carboxylic acids is 1. The monoisotopic (exact) mass is 429 g/mol. The smallest absolute Gasteiger partial charge is 0.230 e. The number of aromatic nitrogens is 1. The van der Waals surface area contributed by atoms with Gasteiger partial charge in [-0.15, -0.1) is 11.3 Å². The van der Waals surface area contributed by atoms with Crippen molar-refractivity contribution in [3.8, 4) is 11.5 Å². The van der Waals surface area contributed by atoms with Crippen molar-refractivity contribution in [3.05, 3.63) is 87.9 Å². The van der Waals surface area contributed by atoms with E-state index in [1.165, 1.54) is 10.4 Å². The van der Waals surface area contributed by atoms with E-state index in [2.05, 4.69) is 32.7 Å². The third-order valence-electron chi connectivity index (χ3n) is 5.57. The molecule has 4 aromatic rings. The Bertz CT molecular complexity index is 1210. The number of carbonyl (C=O) groups is 1. The summed E-state index contributed by atoms with van der Waals surface area (Å²) in [6, 6.07) is 19.9. The van der Waals surface area contributed by atoms with Crippen molar-refractivity contribution in [2.75, 3.05) is 16.8 Å². The lowest BCUT2D eigenvalue weighted by molar-refractivity contribution is -0.115. The summed E-state index contributed by atoms with van der Waals surface area (Å²) >= 11 is 1.83. The summed E-state index contributed by atoms with van der Waals surface area (Å²) in [5, 5.41) is 5.25. The van der Waals surface area contributed by atoms with Crippen molar-refractivity contribution < 1.29 is 9.21 Å². The minimum Gasteiger partial charge on any atom is -0.441 e. The number of nitrogens with one attached hydrogen (secondary N) is 1. The van der Waals surface area contributed by atoms with Gasteiger partial charge in [-0.3, -0.25) is 4.79 Å². The SMILES string of the molecule is Cc1oc(-c2ccccc2)nc1CC(=O)Nc1ccccc1N1CCc2sccc2C1. The zero-order chi connectivity index (χ0) is 21.2. The third-order valence-corrected chi connectivity index (χ3v) is 6.59. The lowest BCUT2D eigenvalue weighted by Crippen LogP contribution is -2.30. The molecule has 0 unspecified atom stereocenters. The van der Waals surface area contributed by atoms with Crippen LogP contribution in [0.5, 0.6) is 0 Å². The van der Waals surface area contributed by atoms with E-state index < -0.39 is 0 Å². The van der Waals surface area contributed by atoms with Gasteiger partial charge in [0, 0.05) is 23.5 Å². The largest absolute Gasteiger partial charge is 0.441 e. The van der Waals surface area contributed by atoms with Gasteiger partial charge in [-0.25, -0.2) is 4.98 Å². The molecule has 1 amide bonds. The van der Waals surface area contributed by atoms with Gasteiger partial charge in [-0.05, 0) is 54.6 Å². The van der Waals surface area contributed by atoms with Gasteiger partial charge < -0.3 is 14.6 Å². The van der Waals surface area contributed by atoms with Crippen LogP contribution in [0.25, 0.3) is 11.5 Å². The Morgan fingerprint density at radius 3 is 2.81 bits per heavy atom. The summed E-state index contributed by atoms with van der Waals surface area (Å²) in [5.41, 5.74) is 4.82. The number of para-hydroxylation sites is 2. The maximum atomic E-state index is 12.9. The number of hydrogen-bond acceptors (Lipinski definition) is 5. The number of anilines is 2. The van der Waals surface area contributed by atoms with Crippen LogP contribution < -0.4 is 10.2 Å². The van der Waals surface area contributed by atoms with E-state index in [-0.39, 0.29) is 12.3 Å². The average molecular weight is 430 g/mol. The molecule has 1 aliphatic heterocycles. The summed E-state index contributed by atoms with van der Waals surface area (Å²) in [4.78, 5) is 21.2. The maximum absolute atomic E-state index is 12.9. The summed E-state index contributed by atoms with van der Waals surface area (Å²) in [6.07, 6.45) is 1.21. The molecule has 2 aromatic carbocycles. The second kappa shape index (κ2) is 8.40. The number of amides is 1. The zero-order valence-electron chi connectivity index (χ0n) is 17.3. The van der Waals surface area contributed by atoms with E-state index >= 15 is 0 Å². The van der Waals surface area contributed by atoms with Crippen molar-refractivity contribution in [2.45, 2.75) is 26.3 Å². The molecule has 0 atom stereocenters.